The van der Waals surface area contributed by atoms with Gasteiger partial charge in [-0.3, -0.25) is 25.2 Å². The lowest BCUT2D eigenvalue weighted by Gasteiger charge is -2.15. The molecule has 0 spiro atoms. The molecule has 0 radical (unpaired) electrons. The molecule has 4 aromatic rings. The maximum absolute atomic E-state index is 12.8. The highest BCUT2D eigenvalue weighted by atomic mass is 32.1. The Kier molecular flexibility index (Phi) is 5.49. The zero-order valence-electron chi connectivity index (χ0n) is 17.5. The van der Waals surface area contributed by atoms with Crippen molar-refractivity contribution < 1.29 is 9.59 Å². The summed E-state index contributed by atoms with van der Waals surface area (Å²) in [6.07, 6.45) is 5.58. The number of aryl methyl sites for hydroxylation is 2. The maximum Gasteiger partial charge on any atom is 0.279 e. The number of carbonyl (C=O) groups excluding carboxylic acids is 2. The lowest BCUT2D eigenvalue weighted by Crippen LogP contribution is -2.43. The third-order valence-corrected chi connectivity index (χ3v) is 7.20. The van der Waals surface area contributed by atoms with Gasteiger partial charge < -0.3 is 4.57 Å². The number of benzene rings is 2. The number of carbonyl (C=O) groups is 2. The van der Waals surface area contributed by atoms with Crippen molar-refractivity contribution in [2.24, 2.45) is 0 Å². The van der Waals surface area contributed by atoms with Gasteiger partial charge in [-0.1, -0.05) is 30.7 Å². The Morgan fingerprint density at radius 1 is 0.875 bits per heavy atom. The third kappa shape index (κ3) is 3.80. The second kappa shape index (κ2) is 8.59. The first-order chi connectivity index (χ1) is 15.6. The summed E-state index contributed by atoms with van der Waals surface area (Å²) < 4.78 is 1.81. The van der Waals surface area contributed by atoms with Gasteiger partial charge in [-0.05, 0) is 61.6 Å². The summed E-state index contributed by atoms with van der Waals surface area (Å²) >= 11 is 1.51. The molecule has 0 saturated heterocycles. The zero-order valence-corrected chi connectivity index (χ0v) is 18.3. The number of hydrogen-bond donors (Lipinski definition) is 2. The van der Waals surface area contributed by atoms with Crippen molar-refractivity contribution in [3.63, 3.8) is 0 Å². The summed E-state index contributed by atoms with van der Waals surface area (Å²) in [5.74, 6) is -0.665. The molecule has 162 valence electrons. The van der Waals surface area contributed by atoms with E-state index in [4.69, 9.17) is 0 Å². The molecule has 2 heterocycles. The van der Waals surface area contributed by atoms with Crippen LogP contribution in [0.5, 0.6) is 0 Å². The molecule has 7 heteroatoms. The Morgan fingerprint density at radius 2 is 1.53 bits per heavy atom. The number of fused-ring (bicyclic) bond motifs is 3. The van der Waals surface area contributed by atoms with E-state index in [0.717, 1.165) is 25.7 Å². The number of rotatable bonds is 3. The van der Waals surface area contributed by atoms with Crippen molar-refractivity contribution in [2.45, 2.75) is 38.6 Å². The number of hydrogen-bond acceptors (Lipinski definition) is 4. The van der Waals surface area contributed by atoms with E-state index in [1.54, 1.807) is 16.7 Å². The van der Waals surface area contributed by atoms with Crippen LogP contribution in [-0.2, 0) is 24.2 Å². The lowest BCUT2D eigenvalue weighted by molar-refractivity contribution is -0.122. The smallest absolute Gasteiger partial charge is 0.279 e. The minimum absolute atomic E-state index is 0.0253. The van der Waals surface area contributed by atoms with E-state index in [2.05, 4.69) is 10.9 Å². The first-order valence-corrected chi connectivity index (χ1v) is 11.6. The molecule has 1 aliphatic rings. The quantitative estimate of drug-likeness (QED) is 0.285. The summed E-state index contributed by atoms with van der Waals surface area (Å²) in [7, 11) is 0. The van der Waals surface area contributed by atoms with Gasteiger partial charge in [0.15, 0.2) is 5.43 Å². The fourth-order valence-corrected chi connectivity index (χ4v) is 5.55. The van der Waals surface area contributed by atoms with Gasteiger partial charge in [-0.25, -0.2) is 0 Å². The van der Waals surface area contributed by atoms with Gasteiger partial charge >= 0.3 is 0 Å². The van der Waals surface area contributed by atoms with E-state index in [1.165, 1.54) is 28.2 Å². The second-order valence-corrected chi connectivity index (χ2v) is 9.21. The van der Waals surface area contributed by atoms with Crippen molar-refractivity contribution in [1.29, 1.82) is 0 Å². The number of nitrogens with zero attached hydrogens (tertiary/aromatic N) is 1. The van der Waals surface area contributed by atoms with Crippen LogP contribution in [0, 0.1) is 0 Å². The molecule has 2 N–H and O–H groups in total. The van der Waals surface area contributed by atoms with Gasteiger partial charge in [0.05, 0.1) is 15.9 Å². The van der Waals surface area contributed by atoms with Gasteiger partial charge in [0.1, 0.15) is 6.54 Å². The first-order valence-electron chi connectivity index (χ1n) is 10.8. The molecular formula is C25H23N3O3S. The predicted octanol–water partition coefficient (Wildman–Crippen LogP) is 3.95. The largest absolute Gasteiger partial charge is 0.331 e. The van der Waals surface area contributed by atoms with E-state index in [1.807, 2.05) is 42.5 Å². The summed E-state index contributed by atoms with van der Waals surface area (Å²) in [6, 6.07) is 16.4. The van der Waals surface area contributed by atoms with Crippen molar-refractivity contribution in [3.8, 4) is 0 Å². The average Bonchev–Trinajstić information content (AvgIpc) is 3.10. The molecule has 0 aliphatic heterocycles. The Morgan fingerprint density at radius 3 is 2.25 bits per heavy atom. The van der Waals surface area contributed by atoms with Crippen molar-refractivity contribution in [3.05, 3.63) is 80.1 Å². The van der Waals surface area contributed by atoms with Crippen LogP contribution in [0.25, 0.3) is 21.8 Å². The summed E-state index contributed by atoms with van der Waals surface area (Å²) in [4.78, 5) is 40.1. The molecule has 32 heavy (non-hydrogen) atoms. The van der Waals surface area contributed by atoms with E-state index >= 15 is 0 Å². The maximum atomic E-state index is 12.8. The Balaban J connectivity index is 1.36. The highest BCUT2D eigenvalue weighted by Gasteiger charge is 2.18. The molecule has 2 aromatic carbocycles. The Bertz CT molecular complexity index is 1320. The standard InChI is InChI=1S/C25H23N3O3S/c29-23(26-27-25(31)22-14-16-8-2-1-3-13-21(16)32-22)15-28-19-11-6-4-9-17(19)24(30)18-10-5-7-12-20(18)28/h4-7,9-12,14H,1-3,8,13,15H2,(H,26,29)(H,27,31). The zero-order chi connectivity index (χ0) is 22.1. The molecular weight excluding hydrogens is 422 g/mol. The summed E-state index contributed by atoms with van der Waals surface area (Å²) in [6.45, 7) is -0.0253. The minimum Gasteiger partial charge on any atom is -0.331 e. The molecule has 6 nitrogen and oxygen atoms in total. The monoisotopic (exact) mass is 445 g/mol. The topological polar surface area (TPSA) is 80.2 Å². The van der Waals surface area contributed by atoms with Crippen LogP contribution in [0.2, 0.25) is 0 Å². The SMILES string of the molecule is O=C(Cn1c2ccccc2c(=O)c2ccccc21)NNC(=O)c1cc2c(s1)CCCCC2. The van der Waals surface area contributed by atoms with Gasteiger partial charge in [-0.2, -0.15) is 0 Å². The van der Waals surface area contributed by atoms with Crippen LogP contribution in [0.15, 0.2) is 59.4 Å². The normalized spacial score (nSPS) is 13.5. The average molecular weight is 446 g/mol. The number of para-hydroxylation sites is 2. The predicted molar refractivity (Wildman–Crippen MR) is 127 cm³/mol. The number of thiophene rings is 1. The highest BCUT2D eigenvalue weighted by molar-refractivity contribution is 7.14. The van der Waals surface area contributed by atoms with E-state index in [-0.39, 0.29) is 23.8 Å². The number of aromatic nitrogens is 1. The fraction of sp³-hybridized carbons (Fsp3) is 0.240. The van der Waals surface area contributed by atoms with Crippen molar-refractivity contribution >= 4 is 45.0 Å². The number of amides is 2. The number of pyridine rings is 1. The van der Waals surface area contributed by atoms with E-state index < -0.39 is 0 Å². The molecule has 1 aliphatic carbocycles. The van der Waals surface area contributed by atoms with Gasteiger partial charge in [0, 0.05) is 15.6 Å². The van der Waals surface area contributed by atoms with Crippen LogP contribution in [0.3, 0.4) is 0 Å². The molecule has 0 unspecified atom stereocenters. The van der Waals surface area contributed by atoms with Crippen molar-refractivity contribution in [1.82, 2.24) is 15.4 Å². The molecule has 2 aromatic heterocycles. The summed E-state index contributed by atoms with van der Waals surface area (Å²) in [5.41, 5.74) is 7.65. The van der Waals surface area contributed by atoms with Crippen LogP contribution in [-0.4, -0.2) is 16.4 Å². The van der Waals surface area contributed by atoms with Gasteiger partial charge in [-0.15, -0.1) is 11.3 Å². The number of nitrogens with one attached hydrogen (secondary N) is 2. The molecule has 0 fully saturated rings. The first kappa shape index (κ1) is 20.5. The molecule has 0 atom stereocenters. The molecule has 0 saturated carbocycles. The van der Waals surface area contributed by atoms with E-state index in [0.29, 0.717) is 26.7 Å². The van der Waals surface area contributed by atoms with Crippen LogP contribution >= 0.6 is 11.3 Å². The Labute approximate surface area is 188 Å². The molecule has 2 amide bonds. The van der Waals surface area contributed by atoms with Crippen molar-refractivity contribution in [2.75, 3.05) is 0 Å². The van der Waals surface area contributed by atoms with E-state index in [9.17, 15) is 14.4 Å². The van der Waals surface area contributed by atoms with Crippen LogP contribution in [0.1, 0.15) is 39.4 Å². The Hall–Kier alpha value is -3.45. The minimum atomic E-state index is -0.365. The van der Waals surface area contributed by atoms with Crippen LogP contribution in [0.4, 0.5) is 0 Å². The highest BCUT2D eigenvalue weighted by Crippen LogP contribution is 2.28. The molecule has 0 bridgehead atoms. The van der Waals surface area contributed by atoms with Gasteiger partial charge in [0.2, 0.25) is 0 Å². The second-order valence-electron chi connectivity index (χ2n) is 8.07. The third-order valence-electron chi connectivity index (χ3n) is 5.97. The summed E-state index contributed by atoms with van der Waals surface area (Å²) in [5, 5.41) is 1.12. The number of hydrazine groups is 1. The fourth-order valence-electron chi connectivity index (χ4n) is 4.40. The lowest BCUT2D eigenvalue weighted by atomic mass is 10.1. The van der Waals surface area contributed by atoms with Gasteiger partial charge in [0.25, 0.3) is 11.8 Å². The molecule has 5 rings (SSSR count). The van der Waals surface area contributed by atoms with Crippen LogP contribution < -0.4 is 16.3 Å².